The highest BCUT2D eigenvalue weighted by Gasteiger charge is 2.08. The summed E-state index contributed by atoms with van der Waals surface area (Å²) in [4.78, 5) is 0. The van der Waals surface area contributed by atoms with Crippen LogP contribution in [0.2, 0.25) is 0 Å². The van der Waals surface area contributed by atoms with E-state index in [1.54, 1.807) is 0 Å². The van der Waals surface area contributed by atoms with Crippen LogP contribution in [-0.2, 0) is 13.0 Å². The third-order valence-electron chi connectivity index (χ3n) is 3.85. The highest BCUT2D eigenvalue weighted by molar-refractivity contribution is 5.83. The van der Waals surface area contributed by atoms with Gasteiger partial charge in [0.1, 0.15) is 0 Å². The van der Waals surface area contributed by atoms with E-state index in [1.807, 2.05) is 0 Å². The van der Waals surface area contributed by atoms with Crippen LogP contribution in [0, 0.1) is 6.92 Å². The molecular weight excluding hydrogens is 256 g/mol. The minimum Gasteiger partial charge on any atom is -0.343 e. The Hall–Kier alpha value is -2.06. The number of nitrogens with two attached hydrogens (primary N) is 1. The third-order valence-corrected chi connectivity index (χ3v) is 3.85. The van der Waals surface area contributed by atoms with E-state index in [2.05, 4.69) is 73.1 Å². The molecule has 2 aromatic carbocycles. The Bertz CT molecular complexity index is 753. The number of aryl methyl sites for hydroxylation is 1. The number of aromatic nitrogens is 1. The molecular formula is C19H22N2. The van der Waals surface area contributed by atoms with Crippen molar-refractivity contribution in [3.63, 3.8) is 0 Å². The molecule has 3 aromatic rings. The number of nitrogens with zero attached hydrogens (tertiary/aromatic N) is 1. The molecule has 0 amide bonds. The number of para-hydroxylation sites is 1. The molecule has 2 heteroatoms. The number of benzene rings is 2. The largest absolute Gasteiger partial charge is 0.343 e. The standard InChI is InChI=1S/C19H22N2/c1-14-5-3-6-16(11-14)13-21-10-9-17-7-4-8-18(19(17)21)12-15(2)20/h3-11,15H,12-13,20H2,1-2H3. The van der Waals surface area contributed by atoms with Gasteiger partial charge in [0.15, 0.2) is 0 Å². The Morgan fingerprint density at radius 1 is 1.10 bits per heavy atom. The molecule has 0 spiro atoms. The van der Waals surface area contributed by atoms with Crippen molar-refractivity contribution in [3.8, 4) is 0 Å². The number of rotatable bonds is 4. The number of fused-ring (bicyclic) bond motifs is 1. The number of hydrogen-bond donors (Lipinski definition) is 1. The lowest BCUT2D eigenvalue weighted by atomic mass is 10.0. The maximum Gasteiger partial charge on any atom is 0.0516 e. The van der Waals surface area contributed by atoms with Gasteiger partial charge >= 0.3 is 0 Å². The van der Waals surface area contributed by atoms with Crippen LogP contribution in [-0.4, -0.2) is 10.6 Å². The van der Waals surface area contributed by atoms with Gasteiger partial charge in [0.05, 0.1) is 5.52 Å². The highest BCUT2D eigenvalue weighted by Crippen LogP contribution is 2.22. The normalized spacial score (nSPS) is 12.7. The Kier molecular flexibility index (Phi) is 3.80. The smallest absolute Gasteiger partial charge is 0.0516 e. The molecule has 0 saturated heterocycles. The van der Waals surface area contributed by atoms with Crippen molar-refractivity contribution >= 4 is 10.9 Å². The topological polar surface area (TPSA) is 30.9 Å². The van der Waals surface area contributed by atoms with Crippen LogP contribution in [0.1, 0.15) is 23.6 Å². The minimum atomic E-state index is 0.179. The Labute approximate surface area is 126 Å². The first-order chi connectivity index (χ1) is 10.1. The summed E-state index contributed by atoms with van der Waals surface area (Å²) in [7, 11) is 0. The predicted molar refractivity (Wildman–Crippen MR) is 89.6 cm³/mol. The molecule has 0 aliphatic heterocycles. The summed E-state index contributed by atoms with van der Waals surface area (Å²) < 4.78 is 2.34. The van der Waals surface area contributed by atoms with Crippen LogP contribution in [0.3, 0.4) is 0 Å². The molecule has 1 atom stereocenters. The molecule has 2 N–H and O–H groups in total. The van der Waals surface area contributed by atoms with E-state index < -0.39 is 0 Å². The van der Waals surface area contributed by atoms with Crippen LogP contribution >= 0.6 is 0 Å². The van der Waals surface area contributed by atoms with Gasteiger partial charge in [-0.25, -0.2) is 0 Å². The SMILES string of the molecule is Cc1cccc(Cn2ccc3cccc(CC(C)N)c32)c1. The average Bonchev–Trinajstić information content (AvgIpc) is 2.82. The van der Waals surface area contributed by atoms with E-state index in [-0.39, 0.29) is 6.04 Å². The van der Waals surface area contributed by atoms with Crippen molar-refractivity contribution in [2.45, 2.75) is 32.9 Å². The molecule has 21 heavy (non-hydrogen) atoms. The lowest BCUT2D eigenvalue weighted by molar-refractivity contribution is 0.735. The van der Waals surface area contributed by atoms with E-state index in [9.17, 15) is 0 Å². The maximum absolute atomic E-state index is 6.00. The van der Waals surface area contributed by atoms with Gasteiger partial charge in [-0.15, -0.1) is 0 Å². The van der Waals surface area contributed by atoms with Crippen molar-refractivity contribution in [1.29, 1.82) is 0 Å². The Morgan fingerprint density at radius 2 is 1.90 bits per heavy atom. The summed E-state index contributed by atoms with van der Waals surface area (Å²) in [5, 5.41) is 1.29. The zero-order valence-electron chi connectivity index (χ0n) is 12.7. The molecule has 0 radical (unpaired) electrons. The lowest BCUT2D eigenvalue weighted by Crippen LogP contribution is -2.18. The van der Waals surface area contributed by atoms with Crippen molar-refractivity contribution in [2.75, 3.05) is 0 Å². The predicted octanol–water partition coefficient (Wildman–Crippen LogP) is 3.89. The second-order valence-electron chi connectivity index (χ2n) is 5.97. The quantitative estimate of drug-likeness (QED) is 0.771. The molecule has 1 heterocycles. The summed E-state index contributed by atoms with van der Waals surface area (Å²) in [6.07, 6.45) is 3.09. The van der Waals surface area contributed by atoms with Gasteiger partial charge in [0.25, 0.3) is 0 Å². The first-order valence-electron chi connectivity index (χ1n) is 7.51. The summed E-state index contributed by atoms with van der Waals surface area (Å²) in [5.41, 5.74) is 11.3. The van der Waals surface area contributed by atoms with Gasteiger partial charge in [0, 0.05) is 18.8 Å². The van der Waals surface area contributed by atoms with E-state index in [0.717, 1.165) is 13.0 Å². The molecule has 0 bridgehead atoms. The van der Waals surface area contributed by atoms with Crippen molar-refractivity contribution in [2.24, 2.45) is 5.73 Å². The third kappa shape index (κ3) is 3.01. The fourth-order valence-corrected chi connectivity index (χ4v) is 2.99. The monoisotopic (exact) mass is 278 g/mol. The van der Waals surface area contributed by atoms with Crippen molar-refractivity contribution < 1.29 is 0 Å². The molecule has 108 valence electrons. The zero-order chi connectivity index (χ0) is 14.8. The van der Waals surface area contributed by atoms with Crippen LogP contribution in [0.5, 0.6) is 0 Å². The van der Waals surface area contributed by atoms with Gasteiger partial charge in [-0.2, -0.15) is 0 Å². The molecule has 0 aliphatic rings. The van der Waals surface area contributed by atoms with Gasteiger partial charge in [-0.1, -0.05) is 48.0 Å². The summed E-state index contributed by atoms with van der Waals surface area (Å²) in [5.74, 6) is 0. The van der Waals surface area contributed by atoms with Crippen LogP contribution in [0.15, 0.2) is 54.7 Å². The molecule has 0 fully saturated rings. The minimum absolute atomic E-state index is 0.179. The first kappa shape index (κ1) is 13.9. The molecule has 3 rings (SSSR count). The lowest BCUT2D eigenvalue weighted by Gasteiger charge is -2.12. The van der Waals surface area contributed by atoms with Crippen LogP contribution in [0.25, 0.3) is 10.9 Å². The van der Waals surface area contributed by atoms with Crippen LogP contribution < -0.4 is 5.73 Å². The van der Waals surface area contributed by atoms with Crippen LogP contribution in [0.4, 0.5) is 0 Å². The zero-order valence-corrected chi connectivity index (χ0v) is 12.7. The fraction of sp³-hybridized carbons (Fsp3) is 0.263. The Morgan fingerprint density at radius 3 is 2.67 bits per heavy atom. The second-order valence-corrected chi connectivity index (χ2v) is 5.97. The molecule has 0 aliphatic carbocycles. The second kappa shape index (κ2) is 5.74. The molecule has 2 nitrogen and oxygen atoms in total. The molecule has 1 aromatic heterocycles. The van der Waals surface area contributed by atoms with Crippen molar-refractivity contribution in [3.05, 3.63) is 71.4 Å². The van der Waals surface area contributed by atoms with Gasteiger partial charge in [-0.05, 0) is 42.8 Å². The summed E-state index contributed by atoms with van der Waals surface area (Å²) in [6.45, 7) is 5.10. The van der Waals surface area contributed by atoms with E-state index in [4.69, 9.17) is 5.73 Å². The molecule has 0 saturated carbocycles. The fourth-order valence-electron chi connectivity index (χ4n) is 2.99. The summed E-state index contributed by atoms with van der Waals surface area (Å²) in [6, 6.07) is 17.6. The van der Waals surface area contributed by atoms with Crippen molar-refractivity contribution in [1.82, 2.24) is 4.57 Å². The highest BCUT2D eigenvalue weighted by atomic mass is 15.0. The van der Waals surface area contributed by atoms with E-state index in [1.165, 1.54) is 27.6 Å². The van der Waals surface area contributed by atoms with Gasteiger partial charge in [0.2, 0.25) is 0 Å². The summed E-state index contributed by atoms with van der Waals surface area (Å²) >= 11 is 0. The maximum atomic E-state index is 6.00. The first-order valence-corrected chi connectivity index (χ1v) is 7.51. The van der Waals surface area contributed by atoms with Gasteiger partial charge in [-0.3, -0.25) is 0 Å². The Balaban J connectivity index is 2.02. The molecule has 1 unspecified atom stereocenters. The average molecular weight is 278 g/mol. The number of hydrogen-bond acceptors (Lipinski definition) is 1. The van der Waals surface area contributed by atoms with E-state index >= 15 is 0 Å². The van der Waals surface area contributed by atoms with E-state index in [0.29, 0.717) is 0 Å². The van der Waals surface area contributed by atoms with Gasteiger partial charge < -0.3 is 10.3 Å².